The number of ether oxygens (including phenoxy) is 3. The van der Waals surface area contributed by atoms with Crippen LogP contribution in [0.3, 0.4) is 0 Å². The molecular weight excluding hydrogens is 368 g/mol. The van der Waals surface area contributed by atoms with E-state index in [4.69, 9.17) is 19.9 Å². The number of rotatable bonds is 7. The molecule has 3 rings (SSSR count). The van der Waals surface area contributed by atoms with Crippen LogP contribution in [0.4, 0.5) is 0 Å². The molecule has 2 aromatic carbocycles. The molecule has 0 unspecified atom stereocenters. The Morgan fingerprint density at radius 2 is 1.97 bits per heavy atom. The lowest BCUT2D eigenvalue weighted by Gasteiger charge is -2.40. The zero-order valence-corrected chi connectivity index (χ0v) is 17.3. The molecule has 1 fully saturated rings. The van der Waals surface area contributed by atoms with Gasteiger partial charge in [-0.05, 0) is 23.6 Å². The van der Waals surface area contributed by atoms with Crippen LogP contribution in [-0.4, -0.2) is 50.3 Å². The lowest BCUT2D eigenvalue weighted by molar-refractivity contribution is -0.0955. The normalized spacial score (nSPS) is 19.3. The molecule has 1 aliphatic heterocycles. The number of morpholine rings is 1. The average Bonchev–Trinajstić information content (AvgIpc) is 2.77. The number of methoxy groups -OCH3 is 1. The Morgan fingerprint density at radius 3 is 2.62 bits per heavy atom. The number of carbonyl (C=O) groups excluding carboxylic acids is 1. The number of amides is 1. The van der Waals surface area contributed by atoms with Crippen LogP contribution >= 0.6 is 0 Å². The van der Waals surface area contributed by atoms with E-state index in [2.05, 4.69) is 13.8 Å². The van der Waals surface area contributed by atoms with E-state index in [1.54, 1.807) is 25.3 Å². The van der Waals surface area contributed by atoms with Gasteiger partial charge in [-0.2, -0.15) is 0 Å². The van der Waals surface area contributed by atoms with E-state index in [0.29, 0.717) is 49.2 Å². The molecule has 0 bridgehead atoms. The van der Waals surface area contributed by atoms with Gasteiger partial charge in [0.15, 0.2) is 0 Å². The van der Waals surface area contributed by atoms with E-state index in [1.165, 1.54) is 0 Å². The summed E-state index contributed by atoms with van der Waals surface area (Å²) < 4.78 is 17.3. The van der Waals surface area contributed by atoms with E-state index in [1.807, 2.05) is 35.2 Å². The van der Waals surface area contributed by atoms with Crippen LogP contribution in [0.2, 0.25) is 0 Å². The standard InChI is InChI=1S/C23H30N2O4/c1-16(2)21-14-25(15-22(29-21)17-7-5-4-6-8-17)23(26)19-10-9-18(27-3)13-20(19)28-12-11-24/h4-10,13,16,21-22H,11-12,14-15,24H2,1-3H3/t21-,22+/m1/s1. The quantitative estimate of drug-likeness (QED) is 0.775. The zero-order chi connectivity index (χ0) is 20.8. The molecule has 1 amide bonds. The summed E-state index contributed by atoms with van der Waals surface area (Å²) >= 11 is 0. The van der Waals surface area contributed by atoms with Gasteiger partial charge in [0, 0.05) is 19.2 Å². The molecule has 0 radical (unpaired) electrons. The maximum atomic E-state index is 13.4. The third kappa shape index (κ3) is 5.08. The molecule has 2 N–H and O–H groups in total. The van der Waals surface area contributed by atoms with Crippen molar-refractivity contribution in [3.63, 3.8) is 0 Å². The van der Waals surface area contributed by atoms with Crippen molar-refractivity contribution in [2.24, 2.45) is 11.7 Å². The topological polar surface area (TPSA) is 74.0 Å². The predicted molar refractivity (Wildman–Crippen MR) is 112 cm³/mol. The third-order valence-electron chi connectivity index (χ3n) is 5.12. The van der Waals surface area contributed by atoms with E-state index in [0.717, 1.165) is 5.56 Å². The minimum Gasteiger partial charge on any atom is -0.497 e. The Kier molecular flexibility index (Phi) is 7.12. The monoisotopic (exact) mass is 398 g/mol. The third-order valence-corrected chi connectivity index (χ3v) is 5.12. The van der Waals surface area contributed by atoms with Gasteiger partial charge in [0.25, 0.3) is 5.91 Å². The van der Waals surface area contributed by atoms with Crippen molar-refractivity contribution in [1.82, 2.24) is 4.90 Å². The maximum absolute atomic E-state index is 13.4. The number of carbonyl (C=O) groups is 1. The van der Waals surface area contributed by atoms with Gasteiger partial charge in [-0.1, -0.05) is 44.2 Å². The number of benzene rings is 2. The van der Waals surface area contributed by atoms with Crippen molar-refractivity contribution in [1.29, 1.82) is 0 Å². The predicted octanol–water partition coefficient (Wildman–Crippen LogP) is 3.27. The Balaban J connectivity index is 1.88. The van der Waals surface area contributed by atoms with Gasteiger partial charge in [0.2, 0.25) is 0 Å². The summed E-state index contributed by atoms with van der Waals surface area (Å²) in [5, 5.41) is 0. The van der Waals surface area contributed by atoms with E-state index < -0.39 is 0 Å². The number of hydrogen-bond donors (Lipinski definition) is 1. The van der Waals surface area contributed by atoms with E-state index in [-0.39, 0.29) is 18.1 Å². The summed E-state index contributed by atoms with van der Waals surface area (Å²) in [6.45, 7) is 5.97. The number of nitrogens with two attached hydrogens (primary N) is 1. The smallest absolute Gasteiger partial charge is 0.257 e. The zero-order valence-electron chi connectivity index (χ0n) is 17.3. The minimum absolute atomic E-state index is 0.0374. The summed E-state index contributed by atoms with van der Waals surface area (Å²) in [6, 6.07) is 15.3. The maximum Gasteiger partial charge on any atom is 0.257 e. The fourth-order valence-electron chi connectivity index (χ4n) is 3.44. The van der Waals surface area contributed by atoms with Gasteiger partial charge in [0.1, 0.15) is 24.2 Å². The first-order chi connectivity index (χ1) is 14.0. The van der Waals surface area contributed by atoms with Crippen LogP contribution in [0.1, 0.15) is 35.9 Å². The van der Waals surface area contributed by atoms with Crippen LogP contribution in [0.15, 0.2) is 48.5 Å². The largest absolute Gasteiger partial charge is 0.497 e. The van der Waals surface area contributed by atoms with Crippen molar-refractivity contribution < 1.29 is 19.0 Å². The Labute approximate surface area is 172 Å². The lowest BCUT2D eigenvalue weighted by Crippen LogP contribution is -2.48. The van der Waals surface area contributed by atoms with Crippen molar-refractivity contribution >= 4 is 5.91 Å². The number of hydrogen-bond acceptors (Lipinski definition) is 5. The Bertz CT molecular complexity index is 810. The molecular formula is C23H30N2O4. The first-order valence-electron chi connectivity index (χ1n) is 10.0. The fourth-order valence-corrected chi connectivity index (χ4v) is 3.44. The molecule has 1 aliphatic rings. The molecule has 0 aromatic heterocycles. The van der Waals surface area contributed by atoms with Crippen LogP contribution in [-0.2, 0) is 4.74 Å². The molecule has 1 heterocycles. The molecule has 6 heteroatoms. The number of nitrogens with zero attached hydrogens (tertiary/aromatic N) is 1. The van der Waals surface area contributed by atoms with Gasteiger partial charge >= 0.3 is 0 Å². The van der Waals surface area contributed by atoms with Gasteiger partial charge in [-0.3, -0.25) is 4.79 Å². The van der Waals surface area contributed by atoms with Crippen LogP contribution in [0.25, 0.3) is 0 Å². The summed E-state index contributed by atoms with van der Waals surface area (Å²) in [5.41, 5.74) is 7.17. The van der Waals surface area contributed by atoms with Crippen molar-refractivity contribution in [2.75, 3.05) is 33.4 Å². The van der Waals surface area contributed by atoms with Crippen molar-refractivity contribution in [2.45, 2.75) is 26.1 Å². The molecule has 2 aromatic rings. The molecule has 0 spiro atoms. The van der Waals surface area contributed by atoms with Gasteiger partial charge < -0.3 is 24.8 Å². The highest BCUT2D eigenvalue weighted by molar-refractivity contribution is 5.97. The second-order valence-corrected chi connectivity index (χ2v) is 7.53. The second-order valence-electron chi connectivity index (χ2n) is 7.53. The molecule has 6 nitrogen and oxygen atoms in total. The molecule has 0 saturated carbocycles. The fraction of sp³-hybridized carbons (Fsp3) is 0.435. The molecule has 1 saturated heterocycles. The lowest BCUT2D eigenvalue weighted by atomic mass is 10.00. The van der Waals surface area contributed by atoms with Gasteiger partial charge in [-0.15, -0.1) is 0 Å². The molecule has 156 valence electrons. The molecule has 29 heavy (non-hydrogen) atoms. The highest BCUT2D eigenvalue weighted by Gasteiger charge is 2.34. The first-order valence-corrected chi connectivity index (χ1v) is 10.0. The van der Waals surface area contributed by atoms with Crippen LogP contribution < -0.4 is 15.2 Å². The first kappa shape index (κ1) is 21.1. The minimum atomic E-state index is -0.159. The summed E-state index contributed by atoms with van der Waals surface area (Å²) in [6.07, 6.45) is -0.197. The van der Waals surface area contributed by atoms with E-state index in [9.17, 15) is 4.79 Å². The highest BCUT2D eigenvalue weighted by Crippen LogP contribution is 2.31. The van der Waals surface area contributed by atoms with Crippen LogP contribution in [0, 0.1) is 5.92 Å². The second kappa shape index (κ2) is 9.76. The highest BCUT2D eigenvalue weighted by atomic mass is 16.5. The van der Waals surface area contributed by atoms with Crippen LogP contribution in [0.5, 0.6) is 11.5 Å². The van der Waals surface area contributed by atoms with Crippen molar-refractivity contribution in [3.8, 4) is 11.5 Å². The average molecular weight is 399 g/mol. The summed E-state index contributed by atoms with van der Waals surface area (Å²) in [4.78, 5) is 15.3. The van der Waals surface area contributed by atoms with E-state index >= 15 is 0 Å². The molecule has 0 aliphatic carbocycles. The van der Waals surface area contributed by atoms with Gasteiger partial charge in [-0.25, -0.2) is 0 Å². The Morgan fingerprint density at radius 1 is 1.21 bits per heavy atom. The molecule has 2 atom stereocenters. The van der Waals surface area contributed by atoms with Crippen molar-refractivity contribution in [3.05, 3.63) is 59.7 Å². The Hall–Kier alpha value is -2.57. The van der Waals surface area contributed by atoms with Gasteiger partial charge in [0.05, 0.1) is 25.3 Å². The summed E-state index contributed by atoms with van der Waals surface area (Å²) in [5.74, 6) is 1.34. The summed E-state index contributed by atoms with van der Waals surface area (Å²) in [7, 11) is 1.59. The SMILES string of the molecule is COc1ccc(C(=O)N2C[C@@H](c3ccccc3)O[C@@H](C(C)C)C2)c(OCCN)c1.